The molecule has 0 bridgehead atoms. The number of aromatic amines is 1. The van der Waals surface area contributed by atoms with E-state index in [0.29, 0.717) is 12.2 Å². The van der Waals surface area contributed by atoms with Crippen LogP contribution in [0, 0.1) is 0 Å². The first-order chi connectivity index (χ1) is 8.74. The molecule has 0 spiro atoms. The average Bonchev–Trinajstić information content (AvgIpc) is 2.83. The maximum Gasteiger partial charge on any atom is 0.267 e. The minimum absolute atomic E-state index is 0.176. The number of para-hydroxylation sites is 1. The Morgan fingerprint density at radius 2 is 2.06 bits per heavy atom. The smallest absolute Gasteiger partial charge is 0.267 e. The van der Waals surface area contributed by atoms with E-state index < -0.39 is 6.29 Å². The van der Waals surface area contributed by atoms with Crippen molar-refractivity contribution in [3.63, 3.8) is 0 Å². The van der Waals surface area contributed by atoms with Gasteiger partial charge in [0.15, 0.2) is 6.29 Å². The van der Waals surface area contributed by atoms with Gasteiger partial charge in [0.1, 0.15) is 5.69 Å². The highest BCUT2D eigenvalue weighted by atomic mass is 16.7. The zero-order chi connectivity index (χ0) is 13.0. The third kappa shape index (κ3) is 2.69. The Labute approximate surface area is 105 Å². The monoisotopic (exact) mass is 248 g/mol. The highest BCUT2D eigenvalue weighted by molar-refractivity contribution is 5.97. The summed E-state index contributed by atoms with van der Waals surface area (Å²) in [7, 11) is 3.06. The predicted molar refractivity (Wildman–Crippen MR) is 68.4 cm³/mol. The molecule has 18 heavy (non-hydrogen) atoms. The molecule has 0 aliphatic heterocycles. The Hall–Kier alpha value is -1.85. The van der Waals surface area contributed by atoms with Gasteiger partial charge in [-0.05, 0) is 12.1 Å². The quantitative estimate of drug-likeness (QED) is 0.788. The summed E-state index contributed by atoms with van der Waals surface area (Å²) in [6, 6.07) is 9.56. The number of fused-ring (bicyclic) bond motifs is 1. The maximum absolute atomic E-state index is 11.9. The van der Waals surface area contributed by atoms with Crippen LogP contribution in [0.25, 0.3) is 10.9 Å². The van der Waals surface area contributed by atoms with Crippen LogP contribution in [0.1, 0.15) is 10.5 Å². The zero-order valence-electron chi connectivity index (χ0n) is 10.4. The lowest BCUT2D eigenvalue weighted by Crippen LogP contribution is -2.34. The number of H-pyrrole nitrogens is 1. The molecule has 0 saturated heterocycles. The number of carbonyl (C=O) groups excluding carboxylic acids is 1. The zero-order valence-corrected chi connectivity index (χ0v) is 10.4. The van der Waals surface area contributed by atoms with Gasteiger partial charge >= 0.3 is 0 Å². The van der Waals surface area contributed by atoms with Crippen molar-refractivity contribution >= 4 is 16.8 Å². The average molecular weight is 248 g/mol. The van der Waals surface area contributed by atoms with Crippen molar-refractivity contribution < 1.29 is 14.3 Å². The first-order valence-electron chi connectivity index (χ1n) is 5.66. The molecule has 1 aromatic heterocycles. The van der Waals surface area contributed by atoms with E-state index in [1.54, 1.807) is 0 Å². The van der Waals surface area contributed by atoms with Gasteiger partial charge in [-0.15, -0.1) is 0 Å². The van der Waals surface area contributed by atoms with Crippen molar-refractivity contribution in [1.82, 2.24) is 10.3 Å². The fraction of sp³-hybridized carbons (Fsp3) is 0.308. The molecule has 0 fully saturated rings. The van der Waals surface area contributed by atoms with E-state index in [1.807, 2.05) is 30.3 Å². The molecule has 2 N–H and O–H groups in total. The summed E-state index contributed by atoms with van der Waals surface area (Å²) in [6.07, 6.45) is -0.432. The van der Waals surface area contributed by atoms with Gasteiger partial charge in [-0.2, -0.15) is 0 Å². The number of carbonyl (C=O) groups is 1. The second kappa shape index (κ2) is 5.66. The minimum Gasteiger partial charge on any atom is -0.354 e. The van der Waals surface area contributed by atoms with Crippen LogP contribution in [0.5, 0.6) is 0 Å². The Kier molecular flexibility index (Phi) is 3.96. The van der Waals surface area contributed by atoms with E-state index >= 15 is 0 Å². The molecule has 5 nitrogen and oxygen atoms in total. The van der Waals surface area contributed by atoms with Crippen molar-refractivity contribution in [2.75, 3.05) is 20.8 Å². The molecule has 0 radical (unpaired) electrons. The number of nitrogens with one attached hydrogen (secondary N) is 2. The molecule has 0 aliphatic carbocycles. The highest BCUT2D eigenvalue weighted by Crippen LogP contribution is 2.14. The summed E-state index contributed by atoms with van der Waals surface area (Å²) >= 11 is 0. The molecule has 96 valence electrons. The molecule has 1 amide bonds. The van der Waals surface area contributed by atoms with Crippen molar-refractivity contribution in [3.8, 4) is 0 Å². The SMILES string of the molecule is COC(CNC(=O)c1cc2ccccc2[nH]1)OC. The third-order valence-electron chi connectivity index (χ3n) is 2.73. The van der Waals surface area contributed by atoms with E-state index in [4.69, 9.17) is 9.47 Å². The fourth-order valence-corrected chi connectivity index (χ4v) is 1.73. The second-order valence-corrected chi connectivity index (χ2v) is 3.88. The Balaban J connectivity index is 2.04. The lowest BCUT2D eigenvalue weighted by Gasteiger charge is -2.13. The van der Waals surface area contributed by atoms with Gasteiger partial charge in [0.05, 0.1) is 6.54 Å². The topological polar surface area (TPSA) is 63.3 Å². The molecular formula is C13H16N2O3. The molecule has 0 unspecified atom stereocenters. The van der Waals surface area contributed by atoms with E-state index in [1.165, 1.54) is 14.2 Å². The van der Waals surface area contributed by atoms with Crippen LogP contribution in [0.15, 0.2) is 30.3 Å². The Morgan fingerprint density at radius 3 is 2.72 bits per heavy atom. The number of hydrogen-bond acceptors (Lipinski definition) is 3. The molecule has 0 saturated carbocycles. The van der Waals surface area contributed by atoms with Crippen LogP contribution < -0.4 is 5.32 Å². The Bertz CT molecular complexity index is 499. The van der Waals surface area contributed by atoms with Crippen molar-refractivity contribution in [2.45, 2.75) is 6.29 Å². The molecule has 2 aromatic rings. The minimum atomic E-state index is -0.432. The van der Waals surface area contributed by atoms with Crippen LogP contribution in [0.3, 0.4) is 0 Å². The third-order valence-corrected chi connectivity index (χ3v) is 2.73. The first-order valence-corrected chi connectivity index (χ1v) is 5.66. The van der Waals surface area contributed by atoms with E-state index in [0.717, 1.165) is 10.9 Å². The molecule has 2 rings (SSSR count). The van der Waals surface area contributed by atoms with Crippen molar-refractivity contribution in [2.24, 2.45) is 0 Å². The summed E-state index contributed by atoms with van der Waals surface area (Å²) < 4.78 is 10.00. The van der Waals surface area contributed by atoms with Crippen molar-refractivity contribution in [3.05, 3.63) is 36.0 Å². The number of methoxy groups -OCH3 is 2. The molecule has 1 heterocycles. The number of aromatic nitrogens is 1. The summed E-state index contributed by atoms with van der Waals surface area (Å²) in [5.41, 5.74) is 1.47. The number of hydrogen-bond donors (Lipinski definition) is 2. The molecule has 5 heteroatoms. The summed E-state index contributed by atoms with van der Waals surface area (Å²) in [5, 5.41) is 3.75. The van der Waals surface area contributed by atoms with Crippen LogP contribution in [0.4, 0.5) is 0 Å². The van der Waals surface area contributed by atoms with Crippen LogP contribution >= 0.6 is 0 Å². The van der Waals surface area contributed by atoms with E-state index in [-0.39, 0.29) is 5.91 Å². The summed E-state index contributed by atoms with van der Waals surface area (Å²) in [6.45, 7) is 0.307. The van der Waals surface area contributed by atoms with Gasteiger partial charge in [0, 0.05) is 25.1 Å². The lowest BCUT2D eigenvalue weighted by atomic mass is 10.2. The summed E-state index contributed by atoms with van der Waals surface area (Å²) in [4.78, 5) is 15.0. The first kappa shape index (κ1) is 12.6. The highest BCUT2D eigenvalue weighted by Gasteiger charge is 2.11. The lowest BCUT2D eigenvalue weighted by molar-refractivity contribution is -0.0974. The van der Waals surface area contributed by atoms with Gasteiger partial charge in [-0.3, -0.25) is 4.79 Å². The van der Waals surface area contributed by atoms with Crippen LogP contribution in [-0.2, 0) is 9.47 Å². The number of amides is 1. The van der Waals surface area contributed by atoms with Gasteiger partial charge < -0.3 is 19.8 Å². The van der Waals surface area contributed by atoms with Gasteiger partial charge in [0.2, 0.25) is 0 Å². The standard InChI is InChI=1S/C13H16N2O3/c1-17-12(18-2)8-14-13(16)11-7-9-5-3-4-6-10(9)15-11/h3-7,12,15H,8H2,1-2H3,(H,14,16). The largest absolute Gasteiger partial charge is 0.354 e. The molecule has 0 aliphatic rings. The predicted octanol–water partition coefficient (Wildman–Crippen LogP) is 1.52. The fourth-order valence-electron chi connectivity index (χ4n) is 1.73. The Morgan fingerprint density at radius 1 is 1.33 bits per heavy atom. The number of benzene rings is 1. The van der Waals surface area contributed by atoms with Gasteiger partial charge in [0.25, 0.3) is 5.91 Å². The maximum atomic E-state index is 11.9. The van der Waals surface area contributed by atoms with Gasteiger partial charge in [-0.25, -0.2) is 0 Å². The van der Waals surface area contributed by atoms with Crippen LogP contribution in [-0.4, -0.2) is 37.9 Å². The number of rotatable bonds is 5. The summed E-state index contributed by atoms with van der Waals surface area (Å²) in [5.74, 6) is -0.176. The van der Waals surface area contributed by atoms with E-state index in [2.05, 4.69) is 10.3 Å². The second-order valence-electron chi connectivity index (χ2n) is 3.88. The van der Waals surface area contributed by atoms with E-state index in [9.17, 15) is 4.79 Å². The van der Waals surface area contributed by atoms with Gasteiger partial charge in [-0.1, -0.05) is 18.2 Å². The normalized spacial score (nSPS) is 11.1. The molecule has 0 atom stereocenters. The molecule has 1 aromatic carbocycles. The van der Waals surface area contributed by atoms with Crippen molar-refractivity contribution in [1.29, 1.82) is 0 Å². The number of ether oxygens (including phenoxy) is 2. The van der Waals surface area contributed by atoms with Crippen LogP contribution in [0.2, 0.25) is 0 Å². The molecular weight excluding hydrogens is 232 g/mol.